The molecule has 0 spiro atoms. The molecule has 6 aromatic rings. The number of methoxy groups -OCH3 is 2. The van der Waals surface area contributed by atoms with Crippen molar-refractivity contribution in [3.63, 3.8) is 0 Å². The number of ether oxygens (including phenoxy) is 2. The number of carbonyl (C=O) groups is 2. The number of pyridine rings is 1. The third kappa shape index (κ3) is 5.74. The van der Waals surface area contributed by atoms with Crippen molar-refractivity contribution in [1.82, 2.24) is 0 Å². The molecule has 1 aromatic heterocycles. The van der Waals surface area contributed by atoms with Gasteiger partial charge in [0.2, 0.25) is 5.52 Å². The maximum atomic E-state index is 13.9. The molecule has 0 unspecified atom stereocenters. The summed E-state index contributed by atoms with van der Waals surface area (Å²) < 4.78 is 14.1. The van der Waals surface area contributed by atoms with Gasteiger partial charge in [0.05, 0.1) is 25.2 Å². The van der Waals surface area contributed by atoms with Crippen LogP contribution in [-0.2, 0) is 19.1 Å². The second kappa shape index (κ2) is 13.0. The highest BCUT2D eigenvalue weighted by Gasteiger charge is 2.32. The van der Waals surface area contributed by atoms with Crippen LogP contribution < -0.4 is 9.47 Å². The molecule has 0 fully saturated rings. The van der Waals surface area contributed by atoms with Crippen molar-refractivity contribution < 1.29 is 23.6 Å². The van der Waals surface area contributed by atoms with E-state index >= 15 is 0 Å². The van der Waals surface area contributed by atoms with Gasteiger partial charge < -0.3 is 14.4 Å². The molecule has 0 aliphatic carbocycles. The maximum Gasteiger partial charge on any atom is 0.379 e. The summed E-state index contributed by atoms with van der Waals surface area (Å²) in [5.74, 6) is -1.33. The summed E-state index contributed by atoms with van der Waals surface area (Å²) >= 11 is 7.20. The van der Waals surface area contributed by atoms with E-state index in [0.717, 1.165) is 58.2 Å². The molecule has 0 saturated carbocycles. The monoisotopic (exact) mass is 736 g/mol. The SMILES string of the molecule is COC(=O)/C(=C(/C(=O)OC)[n+]1ccc(/C=C/c2ccc(N(C)C)cc2)c2ccccc21)[c-]1c2cc(Br)ccc2c2ccc(Br)cc21. The second-order valence-electron chi connectivity index (χ2n) is 10.9. The van der Waals surface area contributed by atoms with Gasteiger partial charge in [0, 0.05) is 31.9 Å². The quantitative estimate of drug-likeness (QED) is 0.0711. The van der Waals surface area contributed by atoms with E-state index in [2.05, 4.69) is 67.1 Å². The molecule has 0 amide bonds. The third-order valence-electron chi connectivity index (χ3n) is 8.03. The number of anilines is 1. The number of halogens is 2. The first-order chi connectivity index (χ1) is 22.2. The highest BCUT2D eigenvalue weighted by atomic mass is 79.9. The summed E-state index contributed by atoms with van der Waals surface area (Å²) in [6.07, 6.45) is 5.90. The molecular weight excluding hydrogens is 708 g/mol. The number of hydrogen-bond acceptors (Lipinski definition) is 5. The molecule has 8 heteroatoms. The number of benzene rings is 4. The largest absolute Gasteiger partial charge is 0.490 e. The van der Waals surface area contributed by atoms with Gasteiger partial charge in [-0.25, -0.2) is 4.79 Å². The van der Waals surface area contributed by atoms with Gasteiger partial charge in [0.15, 0.2) is 6.20 Å². The topological polar surface area (TPSA) is 59.7 Å². The molecule has 6 nitrogen and oxygen atoms in total. The van der Waals surface area contributed by atoms with Crippen LogP contribution in [0.1, 0.15) is 16.7 Å². The molecule has 46 heavy (non-hydrogen) atoms. The fourth-order valence-electron chi connectivity index (χ4n) is 5.83. The molecule has 5 aromatic carbocycles. The molecule has 0 radical (unpaired) electrons. The van der Waals surface area contributed by atoms with Gasteiger partial charge in [-0.1, -0.05) is 132 Å². The van der Waals surface area contributed by atoms with Crippen LogP contribution in [0.5, 0.6) is 0 Å². The number of aromatic nitrogens is 1. The molecule has 0 bridgehead atoms. The number of carbonyl (C=O) groups excluding carboxylic acids is 2. The van der Waals surface area contributed by atoms with Gasteiger partial charge in [-0.05, 0) is 38.3 Å². The number of nitrogens with zero attached hydrogens (tertiary/aromatic N) is 2. The molecule has 0 aliphatic rings. The predicted octanol–water partition coefficient (Wildman–Crippen LogP) is 8.63. The minimum Gasteiger partial charge on any atom is -0.490 e. The molecular formula is C38H30Br2N2O4. The smallest absolute Gasteiger partial charge is 0.379 e. The van der Waals surface area contributed by atoms with Crippen LogP contribution in [0.15, 0.2) is 106 Å². The standard InChI is InChI=1S/C38H30Br2N2O4/c1-41(2)27-15-10-23(11-16-27)9-12-24-19-20-42(33-8-6-5-7-28(24)33)36(38(44)46-4)35(37(43)45-3)34-31-21-25(39)13-17-29(31)30-18-14-26(40)22-32(30)34/h5-22H,1-4H3/b36-35-. The number of para-hydroxylation sites is 1. The first-order valence-electron chi connectivity index (χ1n) is 14.5. The molecule has 6 rings (SSSR count). The second-order valence-corrected chi connectivity index (χ2v) is 12.8. The average molecular weight is 738 g/mol. The maximum absolute atomic E-state index is 13.9. The van der Waals surface area contributed by atoms with Gasteiger partial charge in [-0.15, -0.1) is 0 Å². The Balaban J connectivity index is 1.64. The Kier molecular flexibility index (Phi) is 8.84. The van der Waals surface area contributed by atoms with Gasteiger partial charge in [-0.2, -0.15) is 4.57 Å². The summed E-state index contributed by atoms with van der Waals surface area (Å²) in [6.45, 7) is 0. The zero-order chi connectivity index (χ0) is 32.5. The third-order valence-corrected chi connectivity index (χ3v) is 9.02. The highest BCUT2D eigenvalue weighted by Crippen LogP contribution is 2.42. The van der Waals surface area contributed by atoms with E-state index < -0.39 is 11.9 Å². The minimum absolute atomic E-state index is 0.0501. The Morgan fingerprint density at radius 2 is 1.35 bits per heavy atom. The van der Waals surface area contributed by atoms with E-state index in [1.54, 1.807) is 10.8 Å². The Bertz CT molecular complexity index is 2150. The van der Waals surface area contributed by atoms with Crippen molar-refractivity contribution in [3.05, 3.63) is 123 Å². The number of rotatable bonds is 7. The predicted molar refractivity (Wildman–Crippen MR) is 193 cm³/mol. The molecule has 0 aliphatic heterocycles. The van der Waals surface area contributed by atoms with Crippen molar-refractivity contribution in [1.29, 1.82) is 0 Å². The van der Waals surface area contributed by atoms with Gasteiger partial charge in [-0.3, -0.25) is 4.79 Å². The fourth-order valence-corrected chi connectivity index (χ4v) is 6.55. The molecule has 1 heterocycles. The first-order valence-corrected chi connectivity index (χ1v) is 16.1. The minimum atomic E-state index is -0.674. The lowest BCUT2D eigenvalue weighted by Crippen LogP contribution is -2.39. The van der Waals surface area contributed by atoms with Crippen LogP contribution in [0.2, 0.25) is 0 Å². The van der Waals surface area contributed by atoms with E-state index in [1.165, 1.54) is 14.2 Å². The summed E-state index contributed by atoms with van der Waals surface area (Å²) in [5, 5.41) is 4.38. The fraction of sp³-hybridized carbons (Fsp3) is 0.105. The summed E-state index contributed by atoms with van der Waals surface area (Å²) in [4.78, 5) is 29.8. The van der Waals surface area contributed by atoms with Crippen LogP contribution in [-0.4, -0.2) is 40.3 Å². The van der Waals surface area contributed by atoms with E-state index in [-0.39, 0.29) is 11.3 Å². The molecule has 0 N–H and O–H groups in total. The van der Waals surface area contributed by atoms with Gasteiger partial charge in [0.25, 0.3) is 11.7 Å². The first kappa shape index (κ1) is 31.3. The van der Waals surface area contributed by atoms with Crippen molar-refractivity contribution >= 4 is 105 Å². The van der Waals surface area contributed by atoms with Crippen LogP contribution >= 0.6 is 31.9 Å². The van der Waals surface area contributed by atoms with E-state index in [9.17, 15) is 9.59 Å². The van der Waals surface area contributed by atoms with Gasteiger partial charge in [0.1, 0.15) is 0 Å². The normalized spacial score (nSPS) is 12.1. The Morgan fingerprint density at radius 1 is 0.739 bits per heavy atom. The number of esters is 2. The van der Waals surface area contributed by atoms with Crippen molar-refractivity contribution in [2.24, 2.45) is 0 Å². The van der Waals surface area contributed by atoms with Crippen LogP contribution in [0, 0.1) is 0 Å². The van der Waals surface area contributed by atoms with E-state index in [0.29, 0.717) is 5.56 Å². The van der Waals surface area contributed by atoms with Crippen molar-refractivity contribution in [3.8, 4) is 0 Å². The van der Waals surface area contributed by atoms with E-state index in [1.807, 2.05) is 86.9 Å². The number of hydrogen-bond donors (Lipinski definition) is 0. The molecule has 230 valence electrons. The lowest BCUT2D eigenvalue weighted by molar-refractivity contribution is -0.548. The molecule has 0 saturated heterocycles. The average Bonchev–Trinajstić information content (AvgIpc) is 3.37. The zero-order valence-corrected chi connectivity index (χ0v) is 28.8. The van der Waals surface area contributed by atoms with Crippen molar-refractivity contribution in [2.75, 3.05) is 33.2 Å². The van der Waals surface area contributed by atoms with Gasteiger partial charge >= 0.3 is 5.97 Å². The Labute approximate surface area is 283 Å². The van der Waals surface area contributed by atoms with E-state index in [4.69, 9.17) is 9.47 Å². The summed E-state index contributed by atoms with van der Waals surface area (Å²) in [6, 6.07) is 29.8. The van der Waals surface area contributed by atoms with Crippen molar-refractivity contribution in [2.45, 2.75) is 0 Å². The lowest BCUT2D eigenvalue weighted by Gasteiger charge is -2.16. The van der Waals surface area contributed by atoms with Crippen LogP contribution in [0.4, 0.5) is 5.69 Å². The summed E-state index contributed by atoms with van der Waals surface area (Å²) in [5.41, 5.74) is 4.58. The lowest BCUT2D eigenvalue weighted by atomic mass is 9.99. The Morgan fingerprint density at radius 3 is 1.93 bits per heavy atom. The Hall–Kier alpha value is -4.66. The zero-order valence-electron chi connectivity index (χ0n) is 25.7. The van der Waals surface area contributed by atoms with Crippen LogP contribution in [0.25, 0.3) is 55.9 Å². The van der Waals surface area contributed by atoms with Crippen LogP contribution in [0.3, 0.4) is 0 Å². The summed E-state index contributed by atoms with van der Waals surface area (Å²) in [7, 11) is 6.66. The molecule has 0 atom stereocenters. The highest BCUT2D eigenvalue weighted by molar-refractivity contribution is 9.10. The number of fused-ring (bicyclic) bond motifs is 4.